The predicted molar refractivity (Wildman–Crippen MR) is 59.1 cm³/mol. The zero-order valence-electron chi connectivity index (χ0n) is 8.59. The largest absolute Gasteiger partial charge is 0.276 e. The molecule has 0 amide bonds. The number of halogens is 1. The molecule has 0 fully saturated rings. The first-order valence-corrected chi connectivity index (χ1v) is 5.16. The van der Waals surface area contributed by atoms with Crippen molar-refractivity contribution in [3.05, 3.63) is 29.8 Å². The van der Waals surface area contributed by atoms with E-state index in [0.717, 1.165) is 5.56 Å². The summed E-state index contributed by atoms with van der Waals surface area (Å²) >= 11 is 5.34. The van der Waals surface area contributed by atoms with Gasteiger partial charge in [-0.05, 0) is 35.9 Å². The molecule has 1 aromatic carbocycles. The second kappa shape index (κ2) is 4.40. The summed E-state index contributed by atoms with van der Waals surface area (Å²) in [5.41, 5.74) is 1.26. The van der Waals surface area contributed by atoms with Crippen LogP contribution in [0.2, 0.25) is 0 Å². The van der Waals surface area contributed by atoms with Gasteiger partial charge in [0.15, 0.2) is 0 Å². The fraction of sp³-hybridized carbons (Fsp3) is 0.200. The molecule has 0 radical (unpaired) electrons. The Morgan fingerprint density at radius 3 is 2.56 bits per heavy atom. The third kappa shape index (κ3) is 2.09. The van der Waals surface area contributed by atoms with Gasteiger partial charge < -0.3 is 0 Å². The van der Waals surface area contributed by atoms with Gasteiger partial charge in [0.2, 0.25) is 5.82 Å². The molecule has 2 rings (SSSR count). The summed E-state index contributed by atoms with van der Waals surface area (Å²) in [6, 6.07) is 6.76. The van der Waals surface area contributed by atoms with E-state index in [1.54, 1.807) is 24.3 Å². The monoisotopic (exact) mass is 236 g/mol. The molecule has 0 unspecified atom stereocenters. The highest BCUT2D eigenvalue weighted by Crippen LogP contribution is 2.15. The van der Waals surface area contributed by atoms with E-state index < -0.39 is 5.24 Å². The van der Waals surface area contributed by atoms with Crippen molar-refractivity contribution in [3.63, 3.8) is 0 Å². The first kappa shape index (κ1) is 10.8. The van der Waals surface area contributed by atoms with Crippen molar-refractivity contribution in [2.75, 3.05) is 0 Å². The third-order valence-corrected chi connectivity index (χ3v) is 2.32. The average Bonchev–Trinajstić information content (AvgIpc) is 2.77. The van der Waals surface area contributed by atoms with E-state index in [1.165, 1.54) is 4.80 Å². The number of tetrazole rings is 1. The summed E-state index contributed by atoms with van der Waals surface area (Å²) in [5.74, 6) is 0.537. The molecular formula is C10H9ClN4O. The van der Waals surface area contributed by atoms with E-state index in [9.17, 15) is 4.79 Å². The Morgan fingerprint density at radius 2 is 2.06 bits per heavy atom. The van der Waals surface area contributed by atoms with Crippen molar-refractivity contribution in [3.8, 4) is 11.4 Å². The molecule has 0 N–H and O–H groups in total. The lowest BCUT2D eigenvalue weighted by atomic mass is 10.1. The van der Waals surface area contributed by atoms with Crippen LogP contribution in [0, 0.1) is 0 Å². The molecule has 6 heteroatoms. The van der Waals surface area contributed by atoms with E-state index in [4.69, 9.17) is 11.6 Å². The van der Waals surface area contributed by atoms with Crippen LogP contribution in [0.4, 0.5) is 0 Å². The number of aromatic nitrogens is 4. The lowest BCUT2D eigenvalue weighted by Gasteiger charge is -1.95. The molecule has 1 heterocycles. The van der Waals surface area contributed by atoms with Gasteiger partial charge in [-0.3, -0.25) is 4.79 Å². The fourth-order valence-corrected chi connectivity index (χ4v) is 1.37. The van der Waals surface area contributed by atoms with Crippen molar-refractivity contribution in [2.45, 2.75) is 13.5 Å². The predicted octanol–water partition coefficient (Wildman–Crippen LogP) is 1.74. The molecule has 0 aliphatic carbocycles. The number of carbonyl (C=O) groups excluding carboxylic acids is 1. The summed E-state index contributed by atoms with van der Waals surface area (Å²) in [6.07, 6.45) is 0. The number of benzene rings is 1. The van der Waals surface area contributed by atoms with E-state index in [1.807, 2.05) is 6.92 Å². The van der Waals surface area contributed by atoms with Crippen molar-refractivity contribution >= 4 is 16.8 Å². The molecule has 0 saturated carbocycles. The minimum absolute atomic E-state index is 0.452. The standard InChI is InChI=1S/C10H9ClN4O/c1-2-15-13-10(12-14-15)8-5-3-7(4-6-8)9(11)16/h3-6H,2H2,1H3. The molecule has 16 heavy (non-hydrogen) atoms. The molecule has 0 spiro atoms. The van der Waals surface area contributed by atoms with Crippen molar-refractivity contribution in [1.29, 1.82) is 0 Å². The van der Waals surface area contributed by atoms with Crippen LogP contribution in [0.25, 0.3) is 11.4 Å². The summed E-state index contributed by atoms with van der Waals surface area (Å²) in [7, 11) is 0. The maximum Gasteiger partial charge on any atom is 0.252 e. The first-order chi connectivity index (χ1) is 7.70. The lowest BCUT2D eigenvalue weighted by Crippen LogP contribution is -1.98. The van der Waals surface area contributed by atoms with E-state index >= 15 is 0 Å². The van der Waals surface area contributed by atoms with Gasteiger partial charge in [-0.15, -0.1) is 10.2 Å². The molecule has 1 aromatic heterocycles. The Bertz CT molecular complexity index is 506. The second-order valence-corrected chi connectivity index (χ2v) is 3.50. The minimum atomic E-state index is -0.475. The molecule has 0 saturated heterocycles. The smallest absolute Gasteiger partial charge is 0.252 e. The first-order valence-electron chi connectivity index (χ1n) is 4.79. The van der Waals surface area contributed by atoms with E-state index in [2.05, 4.69) is 15.4 Å². The Kier molecular flexibility index (Phi) is 2.96. The second-order valence-electron chi connectivity index (χ2n) is 3.15. The highest BCUT2D eigenvalue weighted by atomic mass is 35.5. The maximum absolute atomic E-state index is 10.9. The van der Waals surface area contributed by atoms with Crippen molar-refractivity contribution in [1.82, 2.24) is 20.2 Å². The van der Waals surface area contributed by atoms with Gasteiger partial charge in [-0.25, -0.2) is 0 Å². The van der Waals surface area contributed by atoms with Crippen LogP contribution in [-0.4, -0.2) is 25.4 Å². The molecular weight excluding hydrogens is 228 g/mol. The Labute approximate surface area is 97.0 Å². The Balaban J connectivity index is 2.30. The molecule has 0 bridgehead atoms. The molecule has 2 aromatic rings. The third-order valence-electron chi connectivity index (χ3n) is 2.11. The van der Waals surface area contributed by atoms with Gasteiger partial charge in [0.05, 0.1) is 6.54 Å². The summed E-state index contributed by atoms with van der Waals surface area (Å²) in [5, 5.41) is 11.4. The molecule has 0 aliphatic rings. The number of carbonyl (C=O) groups is 1. The van der Waals surface area contributed by atoms with Gasteiger partial charge >= 0.3 is 0 Å². The number of hydrogen-bond acceptors (Lipinski definition) is 4. The van der Waals surface area contributed by atoms with Crippen molar-refractivity contribution < 1.29 is 4.79 Å². The highest BCUT2D eigenvalue weighted by molar-refractivity contribution is 6.67. The lowest BCUT2D eigenvalue weighted by molar-refractivity contribution is 0.108. The van der Waals surface area contributed by atoms with Gasteiger partial charge in [0, 0.05) is 11.1 Å². The van der Waals surface area contributed by atoms with Gasteiger partial charge in [-0.1, -0.05) is 12.1 Å². The Hall–Kier alpha value is -1.75. The molecule has 82 valence electrons. The van der Waals surface area contributed by atoms with Crippen LogP contribution in [-0.2, 0) is 6.54 Å². The quantitative estimate of drug-likeness (QED) is 0.762. The summed E-state index contributed by atoms with van der Waals surface area (Å²) in [6.45, 7) is 2.60. The Morgan fingerprint density at radius 1 is 1.38 bits per heavy atom. The zero-order chi connectivity index (χ0) is 11.5. The normalized spacial score (nSPS) is 10.4. The molecule has 0 atom stereocenters. The number of rotatable bonds is 3. The van der Waals surface area contributed by atoms with Crippen LogP contribution < -0.4 is 0 Å². The van der Waals surface area contributed by atoms with Gasteiger partial charge in [0.1, 0.15) is 0 Å². The SMILES string of the molecule is CCn1nnc(-c2ccc(C(=O)Cl)cc2)n1. The fourth-order valence-electron chi connectivity index (χ4n) is 1.24. The van der Waals surface area contributed by atoms with Crippen LogP contribution in [0.3, 0.4) is 0 Å². The van der Waals surface area contributed by atoms with Crippen molar-refractivity contribution in [2.24, 2.45) is 0 Å². The topological polar surface area (TPSA) is 60.7 Å². The minimum Gasteiger partial charge on any atom is -0.276 e. The van der Waals surface area contributed by atoms with Crippen LogP contribution >= 0.6 is 11.6 Å². The van der Waals surface area contributed by atoms with Gasteiger partial charge in [-0.2, -0.15) is 4.80 Å². The van der Waals surface area contributed by atoms with Crippen LogP contribution in [0.5, 0.6) is 0 Å². The molecule has 5 nitrogen and oxygen atoms in total. The summed E-state index contributed by atoms with van der Waals surface area (Å²) in [4.78, 5) is 12.4. The number of nitrogens with zero attached hydrogens (tertiary/aromatic N) is 4. The maximum atomic E-state index is 10.9. The summed E-state index contributed by atoms with van der Waals surface area (Å²) < 4.78 is 0. The van der Waals surface area contributed by atoms with Gasteiger partial charge in [0.25, 0.3) is 5.24 Å². The van der Waals surface area contributed by atoms with E-state index in [0.29, 0.717) is 17.9 Å². The van der Waals surface area contributed by atoms with Crippen LogP contribution in [0.1, 0.15) is 17.3 Å². The number of aryl methyl sites for hydroxylation is 1. The molecule has 0 aliphatic heterocycles. The zero-order valence-corrected chi connectivity index (χ0v) is 9.35. The van der Waals surface area contributed by atoms with E-state index in [-0.39, 0.29) is 0 Å². The van der Waals surface area contributed by atoms with Crippen LogP contribution in [0.15, 0.2) is 24.3 Å². The number of hydrogen-bond donors (Lipinski definition) is 0. The highest BCUT2D eigenvalue weighted by Gasteiger charge is 2.06. The average molecular weight is 237 g/mol.